The molecular formula is C29H33F2N3O4. The number of nitrogens with one attached hydrogen (secondary N) is 1. The lowest BCUT2D eigenvalue weighted by Crippen LogP contribution is -2.62. The van der Waals surface area contributed by atoms with Gasteiger partial charge in [0.1, 0.15) is 22.9 Å². The van der Waals surface area contributed by atoms with Crippen molar-refractivity contribution in [1.29, 1.82) is 0 Å². The third-order valence-corrected chi connectivity index (χ3v) is 8.58. The van der Waals surface area contributed by atoms with Crippen LogP contribution in [-0.2, 0) is 9.59 Å². The monoisotopic (exact) mass is 525 g/mol. The maximum atomic E-state index is 14.4. The molecule has 202 valence electrons. The Kier molecular flexibility index (Phi) is 6.98. The second-order valence-electron chi connectivity index (χ2n) is 11.0. The number of nitrogens with zero attached hydrogens (tertiary/aromatic N) is 2. The average molecular weight is 526 g/mol. The Labute approximate surface area is 221 Å². The fraction of sp³-hybridized carbons (Fsp3) is 0.483. The van der Waals surface area contributed by atoms with Gasteiger partial charge >= 0.3 is 6.09 Å². The molecule has 0 aromatic heterocycles. The van der Waals surface area contributed by atoms with E-state index >= 15 is 0 Å². The molecule has 2 saturated heterocycles. The zero-order valence-corrected chi connectivity index (χ0v) is 21.7. The predicted octanol–water partition coefficient (Wildman–Crippen LogP) is 4.13. The molecule has 1 N–H and O–H groups in total. The van der Waals surface area contributed by atoms with Gasteiger partial charge in [-0.05, 0) is 67.6 Å². The smallest absolute Gasteiger partial charge is 0.410 e. The lowest BCUT2D eigenvalue weighted by molar-refractivity contribution is -0.142. The minimum absolute atomic E-state index is 0.0971. The van der Waals surface area contributed by atoms with E-state index in [1.807, 2.05) is 11.8 Å². The van der Waals surface area contributed by atoms with Gasteiger partial charge in [0.15, 0.2) is 5.78 Å². The minimum Gasteiger partial charge on any atom is -0.410 e. The van der Waals surface area contributed by atoms with Gasteiger partial charge in [-0.25, -0.2) is 13.6 Å². The fourth-order valence-corrected chi connectivity index (χ4v) is 5.88. The van der Waals surface area contributed by atoms with Crippen molar-refractivity contribution in [2.75, 3.05) is 33.2 Å². The molecule has 3 aliphatic rings. The van der Waals surface area contributed by atoms with Crippen molar-refractivity contribution in [2.24, 2.45) is 11.3 Å². The quantitative estimate of drug-likeness (QED) is 0.614. The van der Waals surface area contributed by atoms with Gasteiger partial charge in [0.25, 0.3) is 0 Å². The summed E-state index contributed by atoms with van der Waals surface area (Å²) in [4.78, 5) is 43.8. The van der Waals surface area contributed by atoms with Gasteiger partial charge in [-0.1, -0.05) is 19.1 Å². The van der Waals surface area contributed by atoms with Gasteiger partial charge in [-0.15, -0.1) is 0 Å². The Bertz CT molecular complexity index is 1210. The van der Waals surface area contributed by atoms with Crippen molar-refractivity contribution in [1.82, 2.24) is 15.1 Å². The molecule has 0 spiro atoms. The number of carbonyl (C=O) groups excluding carboxylic acids is 3. The van der Waals surface area contributed by atoms with Crippen LogP contribution in [0.25, 0.3) is 0 Å². The molecular weight excluding hydrogens is 492 g/mol. The number of carbonyl (C=O) groups is 3. The van der Waals surface area contributed by atoms with Crippen LogP contribution in [-0.4, -0.2) is 66.3 Å². The largest absolute Gasteiger partial charge is 0.415 e. The maximum absolute atomic E-state index is 14.4. The van der Waals surface area contributed by atoms with Crippen molar-refractivity contribution >= 4 is 17.8 Å². The molecule has 2 heterocycles. The molecule has 3 fully saturated rings. The van der Waals surface area contributed by atoms with E-state index in [1.54, 1.807) is 19.2 Å². The summed E-state index contributed by atoms with van der Waals surface area (Å²) in [7, 11) is 1.54. The zero-order valence-electron chi connectivity index (χ0n) is 21.7. The highest BCUT2D eigenvalue weighted by molar-refractivity contribution is 5.96. The van der Waals surface area contributed by atoms with E-state index in [9.17, 15) is 23.2 Å². The van der Waals surface area contributed by atoms with E-state index in [4.69, 9.17) is 4.74 Å². The first kappa shape index (κ1) is 26.3. The van der Waals surface area contributed by atoms with Crippen LogP contribution >= 0.6 is 0 Å². The van der Waals surface area contributed by atoms with E-state index in [2.05, 4.69) is 5.32 Å². The summed E-state index contributed by atoms with van der Waals surface area (Å²) in [5.74, 6) is -1.41. The van der Waals surface area contributed by atoms with Crippen molar-refractivity contribution in [3.8, 4) is 5.75 Å². The Balaban J connectivity index is 1.41. The summed E-state index contributed by atoms with van der Waals surface area (Å²) in [6, 6.07) is 11.1. The molecule has 2 aromatic rings. The summed E-state index contributed by atoms with van der Waals surface area (Å²) in [5.41, 5.74) is -0.805. The number of likely N-dealkylation sites (N-methyl/N-ethyl adjacent to an activating group) is 1. The molecule has 2 aromatic carbocycles. The van der Waals surface area contributed by atoms with Crippen molar-refractivity contribution in [3.05, 3.63) is 65.7 Å². The fourth-order valence-electron chi connectivity index (χ4n) is 5.88. The van der Waals surface area contributed by atoms with Gasteiger partial charge in [-0.3, -0.25) is 14.5 Å². The van der Waals surface area contributed by atoms with Gasteiger partial charge in [-0.2, -0.15) is 0 Å². The van der Waals surface area contributed by atoms with E-state index < -0.39 is 23.4 Å². The molecule has 7 nitrogen and oxygen atoms in total. The molecule has 0 unspecified atom stereocenters. The summed E-state index contributed by atoms with van der Waals surface area (Å²) in [5, 5.41) is 3.28. The number of piperidine rings is 1. The molecule has 38 heavy (non-hydrogen) atoms. The van der Waals surface area contributed by atoms with Crippen LogP contribution in [0.15, 0.2) is 48.5 Å². The van der Waals surface area contributed by atoms with Crippen LogP contribution < -0.4 is 10.1 Å². The van der Waals surface area contributed by atoms with Crippen LogP contribution in [0.5, 0.6) is 5.75 Å². The van der Waals surface area contributed by atoms with Crippen LogP contribution in [0, 0.1) is 23.0 Å². The number of hydrogen-bond acceptors (Lipinski definition) is 5. The van der Waals surface area contributed by atoms with Gasteiger partial charge in [0, 0.05) is 50.5 Å². The normalized spacial score (nSPS) is 24.6. The van der Waals surface area contributed by atoms with Gasteiger partial charge in [0.05, 0.1) is 0 Å². The molecule has 0 bridgehead atoms. The highest BCUT2D eigenvalue weighted by Gasteiger charge is 2.57. The summed E-state index contributed by atoms with van der Waals surface area (Å²) in [6.45, 7) is 3.61. The number of ether oxygens (including phenoxy) is 1. The SMILES string of the molecule is CN(C(=O)Oc1ccc(F)cc1)[C@@]1(C(=O)C2CCN(C(=O)C3(C)CC3)CC2)CNC[C@@H]1c1ccc(F)cc1. The summed E-state index contributed by atoms with van der Waals surface area (Å²) in [6.07, 6.45) is 2.09. The van der Waals surface area contributed by atoms with Crippen molar-refractivity contribution in [3.63, 3.8) is 0 Å². The number of hydrogen-bond donors (Lipinski definition) is 1. The number of likely N-dealkylation sites (tertiary alicyclic amines) is 1. The van der Waals surface area contributed by atoms with E-state index in [0.29, 0.717) is 32.5 Å². The Morgan fingerprint density at radius 2 is 1.55 bits per heavy atom. The molecule has 1 aliphatic carbocycles. The number of halogens is 2. The number of Topliss-reactive ketones (excluding diaryl/α,β-unsaturated/α-hetero) is 1. The number of benzene rings is 2. The number of amides is 2. The van der Waals surface area contributed by atoms with Crippen LogP contribution in [0.1, 0.15) is 44.1 Å². The second-order valence-corrected chi connectivity index (χ2v) is 11.0. The molecule has 2 amide bonds. The van der Waals surface area contributed by atoms with Gasteiger partial charge in [0.2, 0.25) is 5.91 Å². The molecule has 0 radical (unpaired) electrons. The van der Waals surface area contributed by atoms with Crippen molar-refractivity contribution < 1.29 is 27.9 Å². The highest BCUT2D eigenvalue weighted by Crippen LogP contribution is 2.47. The average Bonchev–Trinajstić information content (AvgIpc) is 3.52. The van der Waals surface area contributed by atoms with Crippen LogP contribution in [0.3, 0.4) is 0 Å². The molecule has 9 heteroatoms. The number of ketones is 1. The van der Waals surface area contributed by atoms with Crippen LogP contribution in [0.4, 0.5) is 13.6 Å². The van der Waals surface area contributed by atoms with E-state index in [1.165, 1.54) is 41.3 Å². The first-order valence-electron chi connectivity index (χ1n) is 13.2. The third kappa shape index (κ3) is 4.79. The lowest BCUT2D eigenvalue weighted by atomic mass is 9.72. The van der Waals surface area contributed by atoms with E-state index in [-0.39, 0.29) is 41.1 Å². The van der Waals surface area contributed by atoms with Gasteiger partial charge < -0.3 is 15.0 Å². The van der Waals surface area contributed by atoms with Crippen molar-refractivity contribution in [2.45, 2.75) is 44.1 Å². The Hall–Kier alpha value is -3.33. The van der Waals surface area contributed by atoms with E-state index in [0.717, 1.165) is 18.4 Å². The second kappa shape index (κ2) is 10.1. The predicted molar refractivity (Wildman–Crippen MR) is 137 cm³/mol. The third-order valence-electron chi connectivity index (χ3n) is 8.58. The first-order valence-corrected chi connectivity index (χ1v) is 13.2. The number of rotatable bonds is 6. The molecule has 1 saturated carbocycles. The molecule has 5 rings (SSSR count). The summed E-state index contributed by atoms with van der Waals surface area (Å²) < 4.78 is 32.6. The Morgan fingerprint density at radius 1 is 0.974 bits per heavy atom. The standard InChI is InChI=1S/C29H33F2N3O4/c1-28(13-14-28)26(36)34-15-11-20(12-16-34)25(35)29(18-32-17-24(29)19-3-5-21(30)6-4-19)33(2)27(37)38-23-9-7-22(31)8-10-23/h3-10,20,24,32H,11-18H2,1-2H3/t24-,29+/m1/s1. The summed E-state index contributed by atoms with van der Waals surface area (Å²) >= 11 is 0. The molecule has 2 aliphatic heterocycles. The lowest BCUT2D eigenvalue weighted by Gasteiger charge is -2.44. The minimum atomic E-state index is -1.28. The van der Waals surface area contributed by atoms with Crippen LogP contribution in [0.2, 0.25) is 0 Å². The zero-order chi connectivity index (χ0) is 27.1. The molecule has 2 atom stereocenters. The maximum Gasteiger partial charge on any atom is 0.415 e. The highest BCUT2D eigenvalue weighted by atomic mass is 19.1. The first-order chi connectivity index (χ1) is 18.1. The Morgan fingerprint density at radius 3 is 2.13 bits per heavy atom. The topological polar surface area (TPSA) is 79.0 Å².